The number of rotatable bonds is 3. The molecule has 30 heavy (non-hydrogen) atoms. The normalized spacial score (nSPS) is 14.0. The van der Waals surface area contributed by atoms with Gasteiger partial charge in [-0.2, -0.15) is 0 Å². The molecule has 3 rings (SSSR count). The Morgan fingerprint density at radius 3 is 2.20 bits per heavy atom. The molecule has 3 aromatic rings. The minimum Gasteiger partial charge on any atom is -0.505 e. The highest BCUT2D eigenvalue weighted by molar-refractivity contribution is 6.06. The van der Waals surface area contributed by atoms with E-state index in [1.54, 1.807) is 20.8 Å². The molecular weight excluding hydrogens is 392 g/mol. The number of carbonyl (C=O) groups excluding carboxylic acids is 1. The zero-order valence-corrected chi connectivity index (χ0v) is 17.4. The zero-order chi connectivity index (χ0) is 22.6. The fourth-order valence-corrected chi connectivity index (χ4v) is 3.88. The average Bonchev–Trinajstić information content (AvgIpc) is 2.95. The van der Waals surface area contributed by atoms with Gasteiger partial charge < -0.3 is 10.2 Å². The molecule has 0 bridgehead atoms. The van der Waals surface area contributed by atoms with Crippen molar-refractivity contribution in [3.8, 4) is 5.75 Å². The van der Waals surface area contributed by atoms with Crippen LogP contribution in [0.15, 0.2) is 36.4 Å². The molecule has 0 spiro atoms. The van der Waals surface area contributed by atoms with Crippen LogP contribution in [0.4, 0.5) is 8.78 Å². The van der Waals surface area contributed by atoms with Crippen LogP contribution in [-0.2, 0) is 10.2 Å². The van der Waals surface area contributed by atoms with Crippen molar-refractivity contribution in [2.45, 2.75) is 40.0 Å². The molecule has 2 aromatic carbocycles. The van der Waals surface area contributed by atoms with Gasteiger partial charge in [-0.3, -0.25) is 14.2 Å². The lowest BCUT2D eigenvalue weighted by molar-refractivity contribution is -0.147. The van der Waals surface area contributed by atoms with E-state index in [9.17, 15) is 24.2 Å². The van der Waals surface area contributed by atoms with E-state index in [0.717, 1.165) is 12.1 Å². The summed E-state index contributed by atoms with van der Waals surface area (Å²) >= 11 is 0. The van der Waals surface area contributed by atoms with E-state index in [0.29, 0.717) is 0 Å². The molecule has 1 aromatic heterocycles. The standard InChI is InChI=1S/C23H23F2NO4/c1-12-18(23(5,21(29)30)22(2,3)4)17-15(9-10-16(27)19(17)25)26(12)20(28)13-7-6-8-14(24)11-13/h6-11,27H,1-5H3,(H,29,30)/t23-/m1/s1. The summed E-state index contributed by atoms with van der Waals surface area (Å²) in [6.07, 6.45) is 0. The molecule has 0 aliphatic carbocycles. The highest BCUT2D eigenvalue weighted by atomic mass is 19.1. The summed E-state index contributed by atoms with van der Waals surface area (Å²) < 4.78 is 30.0. The minimum absolute atomic E-state index is 0.0304. The van der Waals surface area contributed by atoms with Crippen LogP contribution in [0.1, 0.15) is 49.3 Å². The summed E-state index contributed by atoms with van der Waals surface area (Å²) in [6, 6.07) is 7.52. The van der Waals surface area contributed by atoms with E-state index < -0.39 is 40.1 Å². The van der Waals surface area contributed by atoms with Gasteiger partial charge in [0.15, 0.2) is 11.6 Å². The third kappa shape index (κ3) is 2.96. The number of hydrogen-bond donors (Lipinski definition) is 2. The Balaban J connectivity index is 2.49. The zero-order valence-electron chi connectivity index (χ0n) is 17.4. The molecule has 5 nitrogen and oxygen atoms in total. The van der Waals surface area contributed by atoms with Crippen LogP contribution >= 0.6 is 0 Å². The second kappa shape index (κ2) is 6.93. The van der Waals surface area contributed by atoms with Crippen molar-refractivity contribution in [3.63, 3.8) is 0 Å². The summed E-state index contributed by atoms with van der Waals surface area (Å²) in [5.41, 5.74) is -2.04. The van der Waals surface area contributed by atoms with E-state index in [4.69, 9.17) is 0 Å². The van der Waals surface area contributed by atoms with Crippen molar-refractivity contribution in [3.05, 3.63) is 64.9 Å². The van der Waals surface area contributed by atoms with Crippen molar-refractivity contribution in [2.75, 3.05) is 0 Å². The molecule has 0 aliphatic rings. The second-order valence-electron chi connectivity index (χ2n) is 8.58. The Morgan fingerprint density at radius 1 is 1.03 bits per heavy atom. The fourth-order valence-electron chi connectivity index (χ4n) is 3.88. The first-order chi connectivity index (χ1) is 13.8. The van der Waals surface area contributed by atoms with Gasteiger partial charge in [0.2, 0.25) is 0 Å². The van der Waals surface area contributed by atoms with Crippen molar-refractivity contribution < 1.29 is 28.6 Å². The molecule has 0 aliphatic heterocycles. The van der Waals surface area contributed by atoms with Crippen LogP contribution in [0, 0.1) is 24.0 Å². The van der Waals surface area contributed by atoms with Crippen molar-refractivity contribution >= 4 is 22.8 Å². The predicted molar refractivity (Wildman–Crippen MR) is 109 cm³/mol. The molecule has 0 saturated heterocycles. The van der Waals surface area contributed by atoms with E-state index in [2.05, 4.69) is 0 Å². The van der Waals surface area contributed by atoms with Crippen molar-refractivity contribution in [2.24, 2.45) is 5.41 Å². The number of fused-ring (bicyclic) bond motifs is 1. The lowest BCUT2D eigenvalue weighted by atomic mass is 9.63. The molecule has 0 fully saturated rings. The van der Waals surface area contributed by atoms with Gasteiger partial charge in [-0.15, -0.1) is 0 Å². The number of aromatic nitrogens is 1. The third-order valence-electron chi connectivity index (χ3n) is 5.99. The van der Waals surface area contributed by atoms with E-state index in [1.807, 2.05) is 0 Å². The quantitative estimate of drug-likeness (QED) is 0.630. The number of halogens is 2. The van der Waals surface area contributed by atoms with Crippen LogP contribution in [0.2, 0.25) is 0 Å². The number of hydrogen-bond acceptors (Lipinski definition) is 3. The molecule has 0 saturated carbocycles. The van der Waals surface area contributed by atoms with Gasteiger partial charge in [-0.1, -0.05) is 26.8 Å². The topological polar surface area (TPSA) is 79.5 Å². The summed E-state index contributed by atoms with van der Waals surface area (Å²) in [5.74, 6) is -4.09. The SMILES string of the molecule is Cc1c([C@](C)(C(=O)O)C(C)(C)C)c2c(F)c(O)ccc2n1C(=O)c1cccc(F)c1. The van der Waals surface area contributed by atoms with Gasteiger partial charge in [0.05, 0.1) is 10.9 Å². The monoisotopic (exact) mass is 415 g/mol. The van der Waals surface area contributed by atoms with Crippen LogP contribution in [0.3, 0.4) is 0 Å². The first-order valence-electron chi connectivity index (χ1n) is 9.39. The number of carboxylic acids is 1. The summed E-state index contributed by atoms with van der Waals surface area (Å²) in [5, 5.41) is 20.0. The maximum atomic E-state index is 15.1. The lowest BCUT2D eigenvalue weighted by Gasteiger charge is -2.38. The van der Waals surface area contributed by atoms with Gasteiger partial charge in [0.1, 0.15) is 5.82 Å². The Kier molecular flexibility index (Phi) is 4.97. The van der Waals surface area contributed by atoms with Crippen molar-refractivity contribution in [1.82, 2.24) is 4.57 Å². The Labute approximate surface area is 172 Å². The molecule has 1 heterocycles. The van der Waals surface area contributed by atoms with E-state index in [1.165, 1.54) is 42.7 Å². The molecular formula is C23H23F2NO4. The maximum Gasteiger partial charge on any atom is 0.314 e. The Bertz CT molecular complexity index is 1190. The maximum absolute atomic E-state index is 15.1. The first kappa shape index (κ1) is 21.5. The molecule has 2 N–H and O–H groups in total. The van der Waals surface area contributed by atoms with Gasteiger partial charge >= 0.3 is 5.97 Å². The highest BCUT2D eigenvalue weighted by Gasteiger charge is 2.49. The number of phenols is 1. The lowest BCUT2D eigenvalue weighted by Crippen LogP contribution is -2.45. The first-order valence-corrected chi connectivity index (χ1v) is 9.39. The molecule has 0 radical (unpaired) electrons. The number of aromatic hydroxyl groups is 1. The fraction of sp³-hybridized carbons (Fsp3) is 0.304. The van der Waals surface area contributed by atoms with E-state index >= 15 is 4.39 Å². The third-order valence-corrected chi connectivity index (χ3v) is 5.99. The molecule has 158 valence electrons. The van der Waals surface area contributed by atoms with Crippen LogP contribution in [0.5, 0.6) is 5.75 Å². The molecule has 0 unspecified atom stereocenters. The molecule has 1 atom stereocenters. The summed E-state index contributed by atoms with van der Waals surface area (Å²) in [4.78, 5) is 25.7. The van der Waals surface area contributed by atoms with Gasteiger partial charge in [-0.25, -0.2) is 8.78 Å². The number of phenolic OH excluding ortho intramolecular Hbond substituents is 1. The molecule has 7 heteroatoms. The smallest absolute Gasteiger partial charge is 0.314 e. The second-order valence-corrected chi connectivity index (χ2v) is 8.58. The van der Waals surface area contributed by atoms with Crippen LogP contribution in [-0.4, -0.2) is 26.7 Å². The molecule has 0 amide bonds. The van der Waals surface area contributed by atoms with Gasteiger partial charge in [0.25, 0.3) is 5.91 Å². The Morgan fingerprint density at radius 2 is 1.67 bits per heavy atom. The highest BCUT2D eigenvalue weighted by Crippen LogP contribution is 2.48. The van der Waals surface area contributed by atoms with Gasteiger partial charge in [-0.05, 0) is 49.6 Å². The average molecular weight is 415 g/mol. The Hall–Kier alpha value is -3.22. The number of nitrogens with zero attached hydrogens (tertiary/aromatic N) is 1. The number of carbonyl (C=O) groups is 2. The van der Waals surface area contributed by atoms with E-state index in [-0.39, 0.29) is 27.7 Å². The number of carboxylic acid groups (broad SMARTS) is 1. The summed E-state index contributed by atoms with van der Waals surface area (Å²) in [7, 11) is 0. The van der Waals surface area contributed by atoms with Crippen LogP contribution < -0.4 is 0 Å². The number of benzene rings is 2. The summed E-state index contributed by atoms with van der Waals surface area (Å²) in [6.45, 7) is 8.12. The largest absolute Gasteiger partial charge is 0.505 e. The van der Waals surface area contributed by atoms with Crippen LogP contribution in [0.25, 0.3) is 10.9 Å². The van der Waals surface area contributed by atoms with Gasteiger partial charge in [0, 0.05) is 22.2 Å². The number of aliphatic carboxylic acids is 1. The minimum atomic E-state index is -1.60. The van der Waals surface area contributed by atoms with Crippen molar-refractivity contribution in [1.29, 1.82) is 0 Å². The predicted octanol–water partition coefficient (Wildman–Crippen LogP) is 5.01.